The summed E-state index contributed by atoms with van der Waals surface area (Å²) in [6.07, 6.45) is -3.56. The Bertz CT molecular complexity index is 812. The van der Waals surface area contributed by atoms with Gasteiger partial charge in [-0.15, -0.1) is 5.10 Å². The van der Waals surface area contributed by atoms with Crippen molar-refractivity contribution < 1.29 is 32.2 Å². The van der Waals surface area contributed by atoms with Crippen LogP contribution in [-0.4, -0.2) is 51.4 Å². The van der Waals surface area contributed by atoms with Gasteiger partial charge in [0.05, 0.1) is 38.1 Å². The summed E-state index contributed by atoms with van der Waals surface area (Å²) in [7, 11) is 0. The first-order valence-corrected chi connectivity index (χ1v) is 7.49. The van der Waals surface area contributed by atoms with Gasteiger partial charge in [0.15, 0.2) is 5.69 Å². The van der Waals surface area contributed by atoms with Crippen molar-refractivity contribution >= 4 is 5.91 Å². The molecule has 0 saturated carbocycles. The van der Waals surface area contributed by atoms with E-state index in [-0.39, 0.29) is 37.6 Å². The van der Waals surface area contributed by atoms with Crippen LogP contribution >= 0.6 is 0 Å². The number of halogens is 4. The number of hydrogen-bond acceptors (Lipinski definition) is 5. The number of nitrogens with one attached hydrogen (secondary N) is 1. The fraction of sp³-hybridized carbons (Fsp3) is 0.400. The van der Waals surface area contributed by atoms with Crippen LogP contribution in [0.1, 0.15) is 21.6 Å². The number of ether oxygens (including phenoxy) is 1. The Kier molecular flexibility index (Phi) is 4.67. The molecule has 7 nitrogen and oxygen atoms in total. The molecule has 0 bridgehead atoms. The second-order valence-corrected chi connectivity index (χ2v) is 6.00. The Balaban J connectivity index is 1.72. The van der Waals surface area contributed by atoms with Gasteiger partial charge in [0, 0.05) is 0 Å². The first kappa shape index (κ1) is 18.3. The molecule has 2 N–H and O–H groups in total. The molecular formula is C15H14F4N4O3. The van der Waals surface area contributed by atoms with E-state index in [0.29, 0.717) is 6.07 Å². The Morgan fingerprint density at radius 1 is 1.38 bits per heavy atom. The van der Waals surface area contributed by atoms with E-state index in [9.17, 15) is 27.5 Å². The minimum Gasteiger partial charge on any atom is -0.394 e. The standard InChI is InChI=1S/C15H14F4N4O3/c16-11-2-1-9(3-10(11)15(17,18)19)4-23-5-12(21-22-23)13(25)20-14(6-24)7-26-8-14/h1-3,5,24H,4,6-8H2,(H,20,25). The van der Waals surface area contributed by atoms with E-state index in [1.54, 1.807) is 0 Å². The molecule has 0 unspecified atom stereocenters. The van der Waals surface area contributed by atoms with E-state index in [4.69, 9.17) is 4.74 Å². The van der Waals surface area contributed by atoms with Crippen molar-refractivity contribution in [1.29, 1.82) is 0 Å². The highest BCUT2D eigenvalue weighted by molar-refractivity contribution is 5.92. The van der Waals surface area contributed by atoms with Gasteiger partial charge in [0.25, 0.3) is 5.91 Å². The molecule has 2 heterocycles. The third-order valence-corrected chi connectivity index (χ3v) is 3.89. The van der Waals surface area contributed by atoms with E-state index in [0.717, 1.165) is 10.7 Å². The van der Waals surface area contributed by atoms with Gasteiger partial charge in [-0.2, -0.15) is 13.2 Å². The zero-order valence-corrected chi connectivity index (χ0v) is 13.3. The highest BCUT2D eigenvalue weighted by Gasteiger charge is 2.40. The lowest BCUT2D eigenvalue weighted by Gasteiger charge is -2.40. The number of nitrogens with zero attached hydrogens (tertiary/aromatic N) is 3. The first-order chi connectivity index (χ1) is 12.2. The Morgan fingerprint density at radius 2 is 2.12 bits per heavy atom. The topological polar surface area (TPSA) is 89.3 Å². The lowest BCUT2D eigenvalue weighted by molar-refractivity contribution is -0.140. The quantitative estimate of drug-likeness (QED) is 0.762. The predicted octanol–water partition coefficient (Wildman–Crippen LogP) is 0.975. The summed E-state index contributed by atoms with van der Waals surface area (Å²) in [5.74, 6) is -1.96. The molecule has 1 aliphatic heterocycles. The fourth-order valence-corrected chi connectivity index (χ4v) is 2.41. The van der Waals surface area contributed by atoms with E-state index in [2.05, 4.69) is 15.6 Å². The first-order valence-electron chi connectivity index (χ1n) is 7.49. The summed E-state index contributed by atoms with van der Waals surface area (Å²) < 4.78 is 57.7. The number of aliphatic hydroxyl groups is 1. The van der Waals surface area contributed by atoms with Crippen molar-refractivity contribution in [2.24, 2.45) is 0 Å². The monoisotopic (exact) mass is 374 g/mol. The fourth-order valence-electron chi connectivity index (χ4n) is 2.41. The highest BCUT2D eigenvalue weighted by atomic mass is 19.4. The molecule has 1 saturated heterocycles. The zero-order valence-electron chi connectivity index (χ0n) is 13.3. The molecule has 2 aromatic rings. The SMILES string of the molecule is O=C(NC1(CO)COC1)c1cn(Cc2ccc(F)c(C(F)(F)F)c2)nn1. The van der Waals surface area contributed by atoms with Gasteiger partial charge in [-0.3, -0.25) is 4.79 Å². The molecule has 3 rings (SSSR count). The van der Waals surface area contributed by atoms with Crippen LogP contribution in [0.15, 0.2) is 24.4 Å². The van der Waals surface area contributed by atoms with Crippen LogP contribution < -0.4 is 5.32 Å². The van der Waals surface area contributed by atoms with Crippen LogP contribution in [0.25, 0.3) is 0 Å². The van der Waals surface area contributed by atoms with E-state index in [1.165, 1.54) is 12.3 Å². The Morgan fingerprint density at radius 3 is 2.69 bits per heavy atom. The smallest absolute Gasteiger partial charge is 0.394 e. The molecule has 0 atom stereocenters. The number of hydrogen-bond donors (Lipinski definition) is 2. The zero-order chi connectivity index (χ0) is 18.9. The van der Waals surface area contributed by atoms with Crippen molar-refractivity contribution in [3.05, 3.63) is 47.0 Å². The molecule has 26 heavy (non-hydrogen) atoms. The molecule has 1 aliphatic rings. The van der Waals surface area contributed by atoms with Gasteiger partial charge in [0.1, 0.15) is 11.4 Å². The maximum atomic E-state index is 13.3. The van der Waals surface area contributed by atoms with E-state index >= 15 is 0 Å². The minimum atomic E-state index is -4.81. The van der Waals surface area contributed by atoms with Crippen molar-refractivity contribution in [2.45, 2.75) is 18.3 Å². The number of carbonyl (C=O) groups is 1. The maximum Gasteiger partial charge on any atom is 0.419 e. The number of aliphatic hydroxyl groups excluding tert-OH is 1. The summed E-state index contributed by atoms with van der Waals surface area (Å²) in [5.41, 5.74) is -2.15. The third-order valence-electron chi connectivity index (χ3n) is 3.89. The molecule has 1 amide bonds. The Hall–Kier alpha value is -2.53. The van der Waals surface area contributed by atoms with E-state index < -0.39 is 29.0 Å². The molecule has 0 aliphatic carbocycles. The lowest BCUT2D eigenvalue weighted by atomic mass is 9.99. The van der Waals surface area contributed by atoms with Crippen molar-refractivity contribution in [1.82, 2.24) is 20.3 Å². The highest BCUT2D eigenvalue weighted by Crippen LogP contribution is 2.32. The second-order valence-electron chi connectivity index (χ2n) is 6.00. The van der Waals surface area contributed by atoms with Crippen LogP contribution in [0, 0.1) is 5.82 Å². The van der Waals surface area contributed by atoms with Crippen molar-refractivity contribution in [3.63, 3.8) is 0 Å². The number of rotatable bonds is 5. The van der Waals surface area contributed by atoms with Gasteiger partial charge >= 0.3 is 6.18 Å². The van der Waals surface area contributed by atoms with Crippen molar-refractivity contribution in [3.8, 4) is 0 Å². The number of amides is 1. The summed E-state index contributed by atoms with van der Waals surface area (Å²) in [4.78, 5) is 12.1. The van der Waals surface area contributed by atoms with E-state index in [1.807, 2.05) is 0 Å². The van der Waals surface area contributed by atoms with Crippen LogP contribution in [-0.2, 0) is 17.5 Å². The summed E-state index contributed by atoms with van der Waals surface area (Å²) in [5, 5.41) is 19.2. The number of carbonyl (C=O) groups excluding carboxylic acids is 1. The van der Waals surface area contributed by atoms with Crippen molar-refractivity contribution in [2.75, 3.05) is 19.8 Å². The largest absolute Gasteiger partial charge is 0.419 e. The van der Waals surface area contributed by atoms with Crippen LogP contribution in [0.3, 0.4) is 0 Å². The molecule has 1 aromatic carbocycles. The van der Waals surface area contributed by atoms with Crippen LogP contribution in [0.2, 0.25) is 0 Å². The van der Waals surface area contributed by atoms with Gasteiger partial charge in [0.2, 0.25) is 0 Å². The maximum absolute atomic E-state index is 13.3. The number of alkyl halides is 3. The van der Waals surface area contributed by atoms with Gasteiger partial charge in [-0.1, -0.05) is 11.3 Å². The number of aromatic nitrogens is 3. The molecule has 1 aromatic heterocycles. The predicted molar refractivity (Wildman–Crippen MR) is 78.6 cm³/mol. The normalized spacial score (nSPS) is 16.2. The molecule has 0 radical (unpaired) electrons. The second kappa shape index (κ2) is 6.65. The van der Waals surface area contributed by atoms with Gasteiger partial charge in [-0.25, -0.2) is 9.07 Å². The van der Waals surface area contributed by atoms with Crippen LogP contribution in [0.4, 0.5) is 17.6 Å². The molecular weight excluding hydrogens is 360 g/mol. The van der Waals surface area contributed by atoms with Gasteiger partial charge < -0.3 is 15.2 Å². The summed E-state index contributed by atoms with van der Waals surface area (Å²) >= 11 is 0. The Labute approximate surface area is 144 Å². The lowest BCUT2D eigenvalue weighted by Crippen LogP contribution is -2.64. The minimum absolute atomic E-state index is 0.0668. The molecule has 11 heteroatoms. The average Bonchev–Trinajstić information content (AvgIpc) is 3.00. The van der Waals surface area contributed by atoms with Gasteiger partial charge in [-0.05, 0) is 17.7 Å². The summed E-state index contributed by atoms with van der Waals surface area (Å²) in [6.45, 7) is -0.0983. The van der Waals surface area contributed by atoms with Crippen LogP contribution in [0.5, 0.6) is 0 Å². The third kappa shape index (κ3) is 3.68. The molecule has 1 fully saturated rings. The molecule has 0 spiro atoms. The number of benzene rings is 1. The summed E-state index contributed by atoms with van der Waals surface area (Å²) in [6, 6.07) is 2.60. The average molecular weight is 374 g/mol. The molecule has 140 valence electrons.